The lowest BCUT2D eigenvalue weighted by atomic mass is 10.1. The Labute approximate surface area is 104 Å². The van der Waals surface area contributed by atoms with Gasteiger partial charge in [0, 0.05) is 20.2 Å². The number of thiophene rings is 1. The zero-order chi connectivity index (χ0) is 12.3. The number of carboxylic acid groups (broad SMARTS) is 1. The number of ether oxygens (including phenoxy) is 1. The molecule has 0 amide bonds. The molecule has 2 heterocycles. The molecule has 0 bridgehead atoms. The van der Waals surface area contributed by atoms with Crippen molar-refractivity contribution in [3.63, 3.8) is 0 Å². The number of aromatic carboxylic acids is 1. The predicted molar refractivity (Wildman–Crippen MR) is 68.1 cm³/mol. The highest BCUT2D eigenvalue weighted by atomic mass is 32.1. The van der Waals surface area contributed by atoms with Crippen LogP contribution in [0.25, 0.3) is 0 Å². The molecule has 1 N–H and O–H groups in total. The summed E-state index contributed by atoms with van der Waals surface area (Å²) >= 11 is 1.33. The minimum absolute atomic E-state index is 0.395. The molecule has 1 aliphatic rings. The van der Waals surface area contributed by atoms with Crippen molar-refractivity contribution in [2.45, 2.75) is 6.42 Å². The molecule has 0 aromatic carbocycles. The first-order chi connectivity index (χ1) is 8.20. The van der Waals surface area contributed by atoms with Crippen molar-refractivity contribution in [2.75, 3.05) is 31.7 Å². The Kier molecular flexibility index (Phi) is 3.81. The summed E-state index contributed by atoms with van der Waals surface area (Å²) in [5, 5.41) is 9.90. The maximum Gasteiger partial charge on any atom is 0.345 e. The third kappa shape index (κ3) is 2.87. The number of hydrogen-bond acceptors (Lipinski definition) is 4. The topological polar surface area (TPSA) is 49.8 Å². The number of hydrogen-bond donors (Lipinski definition) is 1. The zero-order valence-electron chi connectivity index (χ0n) is 9.68. The predicted octanol–water partition coefficient (Wildman–Crippen LogP) is 2.23. The molecule has 0 saturated heterocycles. The van der Waals surface area contributed by atoms with Gasteiger partial charge in [-0.25, -0.2) is 4.79 Å². The molecule has 0 atom stereocenters. The van der Waals surface area contributed by atoms with Crippen LogP contribution in [0.4, 0.5) is 5.00 Å². The normalized spacial score (nSPS) is 15.8. The first-order valence-electron chi connectivity index (χ1n) is 5.45. The maximum absolute atomic E-state index is 10.8. The molecular formula is C12H15NO3S. The molecule has 4 nitrogen and oxygen atoms in total. The largest absolute Gasteiger partial charge is 0.477 e. The minimum Gasteiger partial charge on any atom is -0.477 e. The second-order valence-corrected chi connectivity index (χ2v) is 5.00. The average molecular weight is 253 g/mol. The van der Waals surface area contributed by atoms with Gasteiger partial charge in [-0.2, -0.15) is 0 Å². The lowest BCUT2D eigenvalue weighted by molar-refractivity contribution is 0.0702. The number of nitrogens with zero attached hydrogens (tertiary/aromatic N) is 1. The van der Waals surface area contributed by atoms with Crippen LogP contribution in [0, 0.1) is 0 Å². The average Bonchev–Trinajstić information content (AvgIpc) is 2.80. The third-order valence-electron chi connectivity index (χ3n) is 2.75. The Hall–Kier alpha value is -1.33. The molecule has 0 radical (unpaired) electrons. The van der Waals surface area contributed by atoms with Crippen LogP contribution in [0.5, 0.6) is 0 Å². The minimum atomic E-state index is -0.853. The molecule has 0 saturated carbocycles. The number of carboxylic acids is 1. The van der Waals surface area contributed by atoms with E-state index in [4.69, 9.17) is 9.84 Å². The van der Waals surface area contributed by atoms with Gasteiger partial charge in [0.15, 0.2) is 0 Å². The van der Waals surface area contributed by atoms with Gasteiger partial charge in [-0.1, -0.05) is 6.08 Å². The Morgan fingerprint density at radius 1 is 1.59 bits per heavy atom. The molecule has 0 unspecified atom stereocenters. The standard InChI is InChI=1S/C12H15NO3S/c1-16-8-9-4-6-13(7-5-9)11-3-2-10(17-11)12(14)15/h2-4H,5-8H2,1H3,(H,14,15). The molecule has 0 fully saturated rings. The Morgan fingerprint density at radius 3 is 2.94 bits per heavy atom. The summed E-state index contributed by atoms with van der Waals surface area (Å²) < 4.78 is 5.10. The van der Waals surface area contributed by atoms with Crippen molar-refractivity contribution in [3.05, 3.63) is 28.7 Å². The van der Waals surface area contributed by atoms with Gasteiger partial charge in [0.25, 0.3) is 0 Å². The summed E-state index contributed by atoms with van der Waals surface area (Å²) in [6.07, 6.45) is 3.14. The first kappa shape index (κ1) is 12.1. The molecule has 17 heavy (non-hydrogen) atoms. The quantitative estimate of drug-likeness (QED) is 0.836. The van der Waals surface area contributed by atoms with Crippen molar-refractivity contribution < 1.29 is 14.6 Å². The molecule has 1 aliphatic heterocycles. The van der Waals surface area contributed by atoms with Gasteiger partial charge in [-0.05, 0) is 24.1 Å². The number of carbonyl (C=O) groups is 1. The Bertz CT molecular complexity index is 439. The van der Waals surface area contributed by atoms with Crippen LogP contribution in [0.3, 0.4) is 0 Å². The zero-order valence-corrected chi connectivity index (χ0v) is 10.5. The van der Waals surface area contributed by atoms with Crippen molar-refractivity contribution in [3.8, 4) is 0 Å². The number of rotatable bonds is 4. The van der Waals surface area contributed by atoms with E-state index < -0.39 is 5.97 Å². The van der Waals surface area contributed by atoms with E-state index in [0.717, 1.165) is 24.5 Å². The van der Waals surface area contributed by atoms with Gasteiger partial charge in [0.1, 0.15) is 4.88 Å². The molecule has 5 heteroatoms. The van der Waals surface area contributed by atoms with E-state index in [1.807, 2.05) is 6.07 Å². The molecular weight excluding hydrogens is 238 g/mol. The van der Waals surface area contributed by atoms with Gasteiger partial charge in [0.2, 0.25) is 0 Å². The van der Waals surface area contributed by atoms with E-state index in [0.29, 0.717) is 11.5 Å². The van der Waals surface area contributed by atoms with Crippen LogP contribution in [0.2, 0.25) is 0 Å². The fourth-order valence-electron chi connectivity index (χ4n) is 1.84. The molecule has 92 valence electrons. The van der Waals surface area contributed by atoms with E-state index in [1.54, 1.807) is 13.2 Å². The van der Waals surface area contributed by atoms with Gasteiger partial charge >= 0.3 is 5.97 Å². The smallest absolute Gasteiger partial charge is 0.345 e. The van der Waals surface area contributed by atoms with Gasteiger partial charge < -0.3 is 14.7 Å². The van der Waals surface area contributed by atoms with Crippen molar-refractivity contribution in [2.24, 2.45) is 0 Å². The SMILES string of the molecule is COCC1=CCN(c2ccc(C(=O)O)s2)CC1. The molecule has 1 aromatic heterocycles. The highest BCUT2D eigenvalue weighted by Crippen LogP contribution is 2.28. The fraction of sp³-hybridized carbons (Fsp3) is 0.417. The van der Waals surface area contributed by atoms with E-state index in [2.05, 4.69) is 11.0 Å². The summed E-state index contributed by atoms with van der Waals surface area (Å²) in [4.78, 5) is 13.4. The van der Waals surface area contributed by atoms with Crippen LogP contribution < -0.4 is 4.90 Å². The third-order valence-corrected chi connectivity index (χ3v) is 3.88. The highest BCUT2D eigenvalue weighted by Gasteiger charge is 2.15. The lowest BCUT2D eigenvalue weighted by Gasteiger charge is -2.26. The molecule has 0 aliphatic carbocycles. The van der Waals surface area contributed by atoms with E-state index >= 15 is 0 Å². The monoisotopic (exact) mass is 253 g/mol. The summed E-state index contributed by atoms with van der Waals surface area (Å²) in [5.74, 6) is -0.853. The molecule has 1 aromatic rings. The summed E-state index contributed by atoms with van der Waals surface area (Å²) in [7, 11) is 1.70. The number of methoxy groups -OCH3 is 1. The Balaban J connectivity index is 2.02. The van der Waals surface area contributed by atoms with Gasteiger partial charge in [-0.3, -0.25) is 0 Å². The van der Waals surface area contributed by atoms with Crippen LogP contribution in [-0.2, 0) is 4.74 Å². The number of anilines is 1. The Morgan fingerprint density at radius 2 is 2.41 bits per heavy atom. The van der Waals surface area contributed by atoms with E-state index in [9.17, 15) is 4.79 Å². The molecule has 0 spiro atoms. The van der Waals surface area contributed by atoms with Crippen molar-refractivity contribution in [1.29, 1.82) is 0 Å². The lowest BCUT2D eigenvalue weighted by Crippen LogP contribution is -2.28. The fourth-order valence-corrected chi connectivity index (χ4v) is 2.72. The van der Waals surface area contributed by atoms with Gasteiger partial charge in [0.05, 0.1) is 11.6 Å². The summed E-state index contributed by atoms with van der Waals surface area (Å²) in [5.41, 5.74) is 1.32. The van der Waals surface area contributed by atoms with Crippen LogP contribution in [-0.4, -0.2) is 37.9 Å². The molecule has 2 rings (SSSR count). The summed E-state index contributed by atoms with van der Waals surface area (Å²) in [6.45, 7) is 2.45. The van der Waals surface area contributed by atoms with Crippen LogP contribution >= 0.6 is 11.3 Å². The second kappa shape index (κ2) is 5.33. The highest BCUT2D eigenvalue weighted by molar-refractivity contribution is 7.17. The van der Waals surface area contributed by atoms with Gasteiger partial charge in [-0.15, -0.1) is 11.3 Å². The van der Waals surface area contributed by atoms with Crippen LogP contribution in [0.1, 0.15) is 16.1 Å². The van der Waals surface area contributed by atoms with Crippen LogP contribution in [0.15, 0.2) is 23.8 Å². The van der Waals surface area contributed by atoms with Crippen molar-refractivity contribution >= 4 is 22.3 Å². The van der Waals surface area contributed by atoms with E-state index in [-0.39, 0.29) is 0 Å². The maximum atomic E-state index is 10.8. The first-order valence-corrected chi connectivity index (χ1v) is 6.27. The van der Waals surface area contributed by atoms with Crippen molar-refractivity contribution in [1.82, 2.24) is 0 Å². The van der Waals surface area contributed by atoms with E-state index in [1.165, 1.54) is 16.9 Å². The summed E-state index contributed by atoms with van der Waals surface area (Å²) in [6, 6.07) is 3.54. The second-order valence-electron chi connectivity index (χ2n) is 3.93.